The Kier molecular flexibility index (Phi) is 4.94. The molecule has 0 atom stereocenters. The van der Waals surface area contributed by atoms with Crippen molar-refractivity contribution in [2.75, 3.05) is 6.54 Å². The highest BCUT2D eigenvalue weighted by molar-refractivity contribution is 7.89. The highest BCUT2D eigenvalue weighted by Gasteiger charge is 2.13. The quantitative estimate of drug-likeness (QED) is 0.705. The van der Waals surface area contributed by atoms with Gasteiger partial charge >= 0.3 is 0 Å². The number of rotatable bonds is 6. The highest BCUT2D eigenvalue weighted by Crippen LogP contribution is 2.15. The molecule has 0 aliphatic rings. The zero-order chi connectivity index (χ0) is 17.0. The predicted molar refractivity (Wildman–Crippen MR) is 92.2 cm³/mol. The standard InChI is InChI=1S/C16H15ClN4O2S/c17-13-6-8-14(9-7-13)24(22,23)18-11-10-15-19-16(21-20-15)12-4-2-1-3-5-12/h1-9,18H,10-11H2,(H,19,20,21). The number of aromatic nitrogens is 3. The van der Waals surface area contributed by atoms with Gasteiger partial charge < -0.3 is 0 Å². The number of halogens is 1. The van der Waals surface area contributed by atoms with Crippen LogP contribution in [-0.2, 0) is 16.4 Å². The first-order valence-corrected chi connectivity index (χ1v) is 9.13. The number of benzene rings is 2. The minimum Gasteiger partial charge on any atom is -0.263 e. The topological polar surface area (TPSA) is 87.7 Å². The average molecular weight is 363 g/mol. The van der Waals surface area contributed by atoms with E-state index in [1.165, 1.54) is 12.1 Å². The zero-order valence-corrected chi connectivity index (χ0v) is 14.2. The Hall–Kier alpha value is -2.22. The van der Waals surface area contributed by atoms with Crippen molar-refractivity contribution < 1.29 is 8.42 Å². The molecule has 0 fully saturated rings. The van der Waals surface area contributed by atoms with Crippen LogP contribution in [0.2, 0.25) is 5.02 Å². The molecule has 1 aromatic heterocycles. The van der Waals surface area contributed by atoms with Crippen molar-refractivity contribution >= 4 is 21.6 Å². The maximum Gasteiger partial charge on any atom is 0.240 e. The van der Waals surface area contributed by atoms with Gasteiger partial charge in [0.15, 0.2) is 5.82 Å². The van der Waals surface area contributed by atoms with Crippen LogP contribution in [0.4, 0.5) is 0 Å². The Morgan fingerprint density at radius 1 is 1.04 bits per heavy atom. The van der Waals surface area contributed by atoms with Crippen molar-refractivity contribution in [2.24, 2.45) is 0 Å². The zero-order valence-electron chi connectivity index (χ0n) is 12.6. The van der Waals surface area contributed by atoms with Gasteiger partial charge in [0.2, 0.25) is 10.0 Å². The summed E-state index contributed by atoms with van der Waals surface area (Å²) in [6.45, 7) is 0.217. The molecule has 124 valence electrons. The normalized spacial score (nSPS) is 11.5. The van der Waals surface area contributed by atoms with Gasteiger partial charge in [0.25, 0.3) is 0 Å². The van der Waals surface area contributed by atoms with Crippen LogP contribution in [0, 0.1) is 0 Å². The summed E-state index contributed by atoms with van der Waals surface area (Å²) in [6, 6.07) is 15.6. The van der Waals surface area contributed by atoms with Crippen LogP contribution in [0.15, 0.2) is 59.5 Å². The summed E-state index contributed by atoms with van der Waals surface area (Å²) in [4.78, 5) is 4.54. The van der Waals surface area contributed by atoms with Gasteiger partial charge in [0.05, 0.1) is 4.90 Å². The number of hydrogen-bond acceptors (Lipinski definition) is 4. The second kappa shape index (κ2) is 7.12. The van der Waals surface area contributed by atoms with Gasteiger partial charge in [-0.2, -0.15) is 5.10 Å². The maximum atomic E-state index is 12.2. The Morgan fingerprint density at radius 2 is 1.75 bits per heavy atom. The van der Waals surface area contributed by atoms with Crippen LogP contribution in [-0.4, -0.2) is 30.1 Å². The van der Waals surface area contributed by atoms with E-state index in [0.29, 0.717) is 23.1 Å². The predicted octanol–water partition coefficient (Wildman–Crippen LogP) is 2.65. The van der Waals surface area contributed by atoms with Crippen LogP contribution in [0.5, 0.6) is 0 Å². The second-order valence-corrected chi connectivity index (χ2v) is 7.28. The molecule has 0 unspecified atom stereocenters. The molecule has 0 radical (unpaired) electrons. The van der Waals surface area contributed by atoms with E-state index in [2.05, 4.69) is 19.9 Å². The largest absolute Gasteiger partial charge is 0.263 e. The van der Waals surface area contributed by atoms with Gasteiger partial charge in [-0.05, 0) is 24.3 Å². The first-order chi connectivity index (χ1) is 11.5. The smallest absolute Gasteiger partial charge is 0.240 e. The molecule has 0 saturated carbocycles. The Morgan fingerprint density at radius 3 is 2.46 bits per heavy atom. The molecule has 6 nitrogen and oxygen atoms in total. The summed E-state index contributed by atoms with van der Waals surface area (Å²) in [5.41, 5.74) is 0.904. The fourth-order valence-corrected chi connectivity index (χ4v) is 3.28. The fraction of sp³-hybridized carbons (Fsp3) is 0.125. The van der Waals surface area contributed by atoms with Crippen molar-refractivity contribution in [3.8, 4) is 11.4 Å². The molecule has 24 heavy (non-hydrogen) atoms. The van der Waals surface area contributed by atoms with Crippen LogP contribution in [0.3, 0.4) is 0 Å². The lowest BCUT2D eigenvalue weighted by Gasteiger charge is -2.05. The molecule has 3 aromatic rings. The van der Waals surface area contributed by atoms with Gasteiger partial charge in [0, 0.05) is 23.6 Å². The monoisotopic (exact) mass is 362 g/mol. The lowest BCUT2D eigenvalue weighted by molar-refractivity contribution is 0.581. The lowest BCUT2D eigenvalue weighted by atomic mass is 10.2. The SMILES string of the molecule is O=S(=O)(NCCc1nc(-c2ccccc2)n[nH]1)c1ccc(Cl)cc1. The van der Waals surface area contributed by atoms with E-state index in [1.54, 1.807) is 12.1 Å². The summed E-state index contributed by atoms with van der Waals surface area (Å²) < 4.78 is 26.9. The molecule has 8 heteroatoms. The number of H-pyrrole nitrogens is 1. The molecule has 0 aliphatic carbocycles. The minimum atomic E-state index is -3.56. The van der Waals surface area contributed by atoms with E-state index in [4.69, 9.17) is 11.6 Å². The van der Waals surface area contributed by atoms with E-state index in [1.807, 2.05) is 30.3 Å². The van der Waals surface area contributed by atoms with E-state index in [9.17, 15) is 8.42 Å². The number of hydrogen-bond donors (Lipinski definition) is 2. The third kappa shape index (κ3) is 4.00. The molecule has 0 aliphatic heterocycles. The van der Waals surface area contributed by atoms with Crippen molar-refractivity contribution in [3.05, 3.63) is 65.4 Å². The van der Waals surface area contributed by atoms with E-state index >= 15 is 0 Å². The van der Waals surface area contributed by atoms with Crippen molar-refractivity contribution in [1.29, 1.82) is 0 Å². The third-order valence-corrected chi connectivity index (χ3v) is 5.07. The van der Waals surface area contributed by atoms with Crippen molar-refractivity contribution in [2.45, 2.75) is 11.3 Å². The Balaban J connectivity index is 1.60. The second-order valence-electron chi connectivity index (χ2n) is 5.07. The van der Waals surface area contributed by atoms with Gasteiger partial charge in [-0.3, -0.25) is 5.10 Å². The third-order valence-electron chi connectivity index (χ3n) is 3.34. The summed E-state index contributed by atoms with van der Waals surface area (Å²) >= 11 is 5.76. The molecule has 3 rings (SSSR count). The fourth-order valence-electron chi connectivity index (χ4n) is 2.12. The number of nitrogens with one attached hydrogen (secondary N) is 2. The van der Waals surface area contributed by atoms with Crippen LogP contribution in [0.1, 0.15) is 5.82 Å². The molecule has 0 saturated heterocycles. The number of sulfonamides is 1. The molecule has 0 amide bonds. The van der Waals surface area contributed by atoms with Gasteiger partial charge in [-0.25, -0.2) is 18.1 Å². The van der Waals surface area contributed by atoms with Crippen LogP contribution in [0.25, 0.3) is 11.4 Å². The molecule has 0 bridgehead atoms. The molecule has 2 N–H and O–H groups in total. The summed E-state index contributed by atoms with van der Waals surface area (Å²) in [5, 5.41) is 7.46. The number of nitrogens with zero attached hydrogens (tertiary/aromatic N) is 2. The van der Waals surface area contributed by atoms with Gasteiger partial charge in [-0.1, -0.05) is 41.9 Å². The minimum absolute atomic E-state index is 0.175. The molecular weight excluding hydrogens is 348 g/mol. The van der Waals surface area contributed by atoms with Crippen LogP contribution >= 0.6 is 11.6 Å². The first-order valence-electron chi connectivity index (χ1n) is 7.26. The van der Waals surface area contributed by atoms with E-state index in [0.717, 1.165) is 5.56 Å². The Bertz CT molecular complexity index is 909. The average Bonchev–Trinajstić information content (AvgIpc) is 3.05. The summed E-state index contributed by atoms with van der Waals surface area (Å²) in [6.07, 6.45) is 0.409. The van der Waals surface area contributed by atoms with E-state index in [-0.39, 0.29) is 11.4 Å². The lowest BCUT2D eigenvalue weighted by Crippen LogP contribution is -2.26. The first kappa shape index (κ1) is 16.6. The molecule has 0 spiro atoms. The summed E-state index contributed by atoms with van der Waals surface area (Å²) in [7, 11) is -3.56. The highest BCUT2D eigenvalue weighted by atomic mass is 35.5. The van der Waals surface area contributed by atoms with Crippen LogP contribution < -0.4 is 4.72 Å². The maximum absolute atomic E-state index is 12.2. The Labute approximate surface area is 145 Å². The van der Waals surface area contributed by atoms with E-state index < -0.39 is 10.0 Å². The molecule has 1 heterocycles. The molecule has 2 aromatic carbocycles. The number of aromatic amines is 1. The van der Waals surface area contributed by atoms with Crippen molar-refractivity contribution in [3.63, 3.8) is 0 Å². The summed E-state index contributed by atoms with van der Waals surface area (Å²) in [5.74, 6) is 1.21. The van der Waals surface area contributed by atoms with Gasteiger partial charge in [-0.15, -0.1) is 0 Å². The van der Waals surface area contributed by atoms with Crippen molar-refractivity contribution in [1.82, 2.24) is 19.9 Å². The van der Waals surface area contributed by atoms with Gasteiger partial charge in [0.1, 0.15) is 5.82 Å². The molecular formula is C16H15ClN4O2S.